The van der Waals surface area contributed by atoms with Crippen molar-refractivity contribution < 1.29 is 9.53 Å². The van der Waals surface area contributed by atoms with Gasteiger partial charge in [0.1, 0.15) is 5.60 Å². The Balaban J connectivity index is 2.38. The molecule has 18 heavy (non-hydrogen) atoms. The van der Waals surface area contributed by atoms with E-state index in [4.69, 9.17) is 4.74 Å². The average Bonchev–Trinajstić information content (AvgIpc) is 2.59. The molecule has 1 fully saturated rings. The summed E-state index contributed by atoms with van der Waals surface area (Å²) in [7, 11) is 4.12. The Morgan fingerprint density at radius 1 is 1.44 bits per heavy atom. The maximum atomic E-state index is 11.7. The molecule has 0 radical (unpaired) electrons. The highest BCUT2D eigenvalue weighted by molar-refractivity contribution is 5.68. The number of carbonyl (C=O) groups excluding carboxylic acids is 1. The van der Waals surface area contributed by atoms with Gasteiger partial charge in [0.2, 0.25) is 0 Å². The Kier molecular flexibility index (Phi) is 5.41. The summed E-state index contributed by atoms with van der Waals surface area (Å²) in [5.74, 6) is 0. The summed E-state index contributed by atoms with van der Waals surface area (Å²) in [6.45, 7) is 7.61. The van der Waals surface area contributed by atoms with E-state index in [1.54, 1.807) is 0 Å². The fourth-order valence-electron chi connectivity index (χ4n) is 2.10. The molecule has 5 nitrogen and oxygen atoms in total. The van der Waals surface area contributed by atoms with Crippen LogP contribution in [0.15, 0.2) is 0 Å². The average molecular weight is 257 g/mol. The first kappa shape index (κ1) is 15.2. The van der Waals surface area contributed by atoms with Crippen molar-refractivity contribution in [3.8, 4) is 0 Å². The van der Waals surface area contributed by atoms with Crippen LogP contribution in [0.3, 0.4) is 0 Å². The van der Waals surface area contributed by atoms with E-state index in [2.05, 4.69) is 29.6 Å². The van der Waals surface area contributed by atoms with Gasteiger partial charge in [0.15, 0.2) is 0 Å². The maximum absolute atomic E-state index is 11.7. The van der Waals surface area contributed by atoms with Gasteiger partial charge in [-0.05, 0) is 60.8 Å². The number of nitrogens with zero attached hydrogens (tertiary/aromatic N) is 1. The van der Waals surface area contributed by atoms with Crippen LogP contribution >= 0.6 is 0 Å². The summed E-state index contributed by atoms with van der Waals surface area (Å²) in [6.07, 6.45) is 1.69. The molecule has 106 valence electrons. The van der Waals surface area contributed by atoms with Crippen molar-refractivity contribution in [2.24, 2.45) is 0 Å². The second-order valence-corrected chi connectivity index (χ2v) is 6.19. The first-order valence-corrected chi connectivity index (χ1v) is 6.65. The van der Waals surface area contributed by atoms with Gasteiger partial charge in [-0.2, -0.15) is 0 Å². The number of carbonyl (C=O) groups is 1. The number of amides is 1. The molecule has 1 heterocycles. The third-order valence-electron chi connectivity index (χ3n) is 2.94. The van der Waals surface area contributed by atoms with Crippen LogP contribution in [0.4, 0.5) is 4.79 Å². The molecule has 0 aromatic rings. The van der Waals surface area contributed by atoms with E-state index in [1.807, 2.05) is 20.8 Å². The normalized spacial score (nSPS) is 24.3. The number of hydrogen-bond donors (Lipinski definition) is 2. The van der Waals surface area contributed by atoms with Crippen LogP contribution in [-0.4, -0.2) is 55.9 Å². The molecular formula is C13H27N3O2. The SMILES string of the molecule is CN(C)CC[C@@H]1NCC[C@H]1NC(=O)OC(C)(C)C. The van der Waals surface area contributed by atoms with Crippen molar-refractivity contribution in [3.05, 3.63) is 0 Å². The minimum atomic E-state index is -0.435. The highest BCUT2D eigenvalue weighted by Crippen LogP contribution is 2.13. The highest BCUT2D eigenvalue weighted by atomic mass is 16.6. The fourth-order valence-corrected chi connectivity index (χ4v) is 2.10. The van der Waals surface area contributed by atoms with Gasteiger partial charge in [-0.15, -0.1) is 0 Å². The van der Waals surface area contributed by atoms with Gasteiger partial charge in [-0.25, -0.2) is 4.79 Å². The van der Waals surface area contributed by atoms with Gasteiger partial charge < -0.3 is 20.3 Å². The zero-order chi connectivity index (χ0) is 13.8. The van der Waals surface area contributed by atoms with E-state index in [9.17, 15) is 4.79 Å². The largest absolute Gasteiger partial charge is 0.444 e. The summed E-state index contributed by atoms with van der Waals surface area (Å²) >= 11 is 0. The van der Waals surface area contributed by atoms with Gasteiger partial charge in [-0.1, -0.05) is 0 Å². The Morgan fingerprint density at radius 3 is 2.67 bits per heavy atom. The van der Waals surface area contributed by atoms with Crippen LogP contribution in [0.2, 0.25) is 0 Å². The van der Waals surface area contributed by atoms with Crippen molar-refractivity contribution in [1.29, 1.82) is 0 Å². The lowest BCUT2D eigenvalue weighted by Gasteiger charge is -2.25. The van der Waals surface area contributed by atoms with Crippen LogP contribution in [-0.2, 0) is 4.74 Å². The molecule has 1 aliphatic heterocycles. The first-order valence-electron chi connectivity index (χ1n) is 6.65. The van der Waals surface area contributed by atoms with Gasteiger partial charge >= 0.3 is 6.09 Å². The van der Waals surface area contributed by atoms with E-state index in [0.717, 1.165) is 25.9 Å². The number of ether oxygens (including phenoxy) is 1. The van der Waals surface area contributed by atoms with Gasteiger partial charge in [0.25, 0.3) is 0 Å². The van der Waals surface area contributed by atoms with Gasteiger partial charge in [-0.3, -0.25) is 0 Å². The molecule has 0 saturated carbocycles. The Labute approximate surface area is 110 Å². The van der Waals surface area contributed by atoms with Crippen LogP contribution in [0.5, 0.6) is 0 Å². The molecule has 5 heteroatoms. The number of alkyl carbamates (subject to hydrolysis) is 1. The second kappa shape index (κ2) is 6.38. The van der Waals surface area contributed by atoms with E-state index in [1.165, 1.54) is 0 Å². The Hall–Kier alpha value is -0.810. The first-order chi connectivity index (χ1) is 8.28. The van der Waals surface area contributed by atoms with Crippen LogP contribution < -0.4 is 10.6 Å². The minimum Gasteiger partial charge on any atom is -0.444 e. The number of nitrogens with one attached hydrogen (secondary N) is 2. The van der Waals surface area contributed by atoms with E-state index in [0.29, 0.717) is 6.04 Å². The lowest BCUT2D eigenvalue weighted by Crippen LogP contribution is -2.46. The molecule has 2 atom stereocenters. The molecule has 2 N–H and O–H groups in total. The van der Waals surface area contributed by atoms with Gasteiger partial charge in [0.05, 0.1) is 0 Å². The minimum absolute atomic E-state index is 0.180. The predicted octanol–water partition coefficient (Wildman–Crippen LogP) is 1.19. The van der Waals surface area contributed by atoms with Crippen molar-refractivity contribution in [2.75, 3.05) is 27.2 Å². The van der Waals surface area contributed by atoms with Crippen molar-refractivity contribution in [1.82, 2.24) is 15.5 Å². The van der Waals surface area contributed by atoms with E-state index < -0.39 is 5.60 Å². The molecule has 1 amide bonds. The summed E-state index contributed by atoms with van der Waals surface area (Å²) in [6, 6.07) is 0.528. The monoisotopic (exact) mass is 257 g/mol. The molecule has 0 aromatic carbocycles. The summed E-state index contributed by atoms with van der Waals surface area (Å²) in [5.41, 5.74) is -0.435. The predicted molar refractivity (Wildman–Crippen MR) is 72.7 cm³/mol. The van der Waals surface area contributed by atoms with E-state index >= 15 is 0 Å². The lowest BCUT2D eigenvalue weighted by atomic mass is 10.1. The summed E-state index contributed by atoms with van der Waals surface area (Å²) < 4.78 is 5.29. The Bertz CT molecular complexity index is 274. The van der Waals surface area contributed by atoms with E-state index in [-0.39, 0.29) is 12.1 Å². The molecule has 1 rings (SSSR count). The number of hydrogen-bond acceptors (Lipinski definition) is 4. The molecule has 1 aliphatic rings. The number of rotatable bonds is 4. The summed E-state index contributed by atoms with van der Waals surface area (Å²) in [5, 5.41) is 6.40. The van der Waals surface area contributed by atoms with Gasteiger partial charge in [0, 0.05) is 12.1 Å². The topological polar surface area (TPSA) is 53.6 Å². The maximum Gasteiger partial charge on any atom is 0.407 e. The third-order valence-corrected chi connectivity index (χ3v) is 2.94. The lowest BCUT2D eigenvalue weighted by molar-refractivity contribution is 0.0499. The van der Waals surface area contributed by atoms with Crippen LogP contribution in [0.25, 0.3) is 0 Å². The quantitative estimate of drug-likeness (QED) is 0.794. The molecule has 0 aromatic heterocycles. The van der Waals surface area contributed by atoms with Crippen molar-refractivity contribution in [2.45, 2.75) is 51.3 Å². The molecule has 1 saturated heterocycles. The standard InChI is InChI=1S/C13H27N3O2/c1-13(2,3)18-12(17)15-11-6-8-14-10(11)7-9-16(4)5/h10-11,14H,6-9H2,1-5H3,(H,15,17)/t10-,11+/m0/s1. The molecular weight excluding hydrogens is 230 g/mol. The smallest absolute Gasteiger partial charge is 0.407 e. The third kappa shape index (κ3) is 5.69. The van der Waals surface area contributed by atoms with Crippen molar-refractivity contribution in [3.63, 3.8) is 0 Å². The fraction of sp³-hybridized carbons (Fsp3) is 0.923. The molecule has 0 unspecified atom stereocenters. The zero-order valence-electron chi connectivity index (χ0n) is 12.2. The molecule has 0 aliphatic carbocycles. The Morgan fingerprint density at radius 2 is 2.11 bits per heavy atom. The zero-order valence-corrected chi connectivity index (χ0v) is 12.2. The van der Waals surface area contributed by atoms with Crippen LogP contribution in [0, 0.1) is 0 Å². The highest BCUT2D eigenvalue weighted by Gasteiger charge is 2.29. The van der Waals surface area contributed by atoms with Crippen molar-refractivity contribution >= 4 is 6.09 Å². The molecule has 0 bridgehead atoms. The van der Waals surface area contributed by atoms with Crippen LogP contribution in [0.1, 0.15) is 33.6 Å². The summed E-state index contributed by atoms with van der Waals surface area (Å²) in [4.78, 5) is 13.9. The molecule has 0 spiro atoms. The second-order valence-electron chi connectivity index (χ2n) is 6.19.